The molecule has 0 saturated heterocycles. The number of aryl methyl sites for hydroxylation is 2. The van der Waals surface area contributed by atoms with Crippen molar-refractivity contribution in [2.24, 2.45) is 0 Å². The molecular formula is C16H16Cl2. The molecule has 0 aliphatic heterocycles. The highest BCUT2D eigenvalue weighted by Gasteiger charge is 2.11. The monoisotopic (exact) mass is 278 g/mol. The molecule has 0 spiro atoms. The van der Waals surface area contributed by atoms with E-state index in [1.54, 1.807) is 0 Å². The first-order valence-electron chi connectivity index (χ1n) is 6.02. The third-order valence-electron chi connectivity index (χ3n) is 3.09. The van der Waals surface area contributed by atoms with E-state index in [1.807, 2.05) is 24.3 Å². The lowest BCUT2D eigenvalue weighted by atomic mass is 9.98. The van der Waals surface area contributed by atoms with Gasteiger partial charge in [-0.15, -0.1) is 11.6 Å². The normalized spacial score (nSPS) is 12.4. The standard InChI is InChI=1S/C16H16Cl2/c1-11-3-8-15(12(2)9-11)16(18)10-13-4-6-14(17)7-5-13/h3-9,16H,10H2,1-2H3. The van der Waals surface area contributed by atoms with Gasteiger partial charge in [0.2, 0.25) is 0 Å². The maximum absolute atomic E-state index is 6.51. The quantitative estimate of drug-likeness (QED) is 0.653. The fourth-order valence-electron chi connectivity index (χ4n) is 2.11. The highest BCUT2D eigenvalue weighted by molar-refractivity contribution is 6.30. The molecule has 18 heavy (non-hydrogen) atoms. The fourth-order valence-corrected chi connectivity index (χ4v) is 2.66. The average molecular weight is 279 g/mol. The third kappa shape index (κ3) is 3.28. The molecule has 0 heterocycles. The van der Waals surface area contributed by atoms with Crippen LogP contribution in [0.5, 0.6) is 0 Å². The van der Waals surface area contributed by atoms with E-state index in [9.17, 15) is 0 Å². The van der Waals surface area contributed by atoms with Crippen molar-refractivity contribution in [2.45, 2.75) is 25.6 Å². The van der Waals surface area contributed by atoms with Crippen LogP contribution in [-0.2, 0) is 6.42 Å². The Morgan fingerprint density at radius 1 is 1.00 bits per heavy atom. The van der Waals surface area contributed by atoms with Crippen molar-refractivity contribution in [1.29, 1.82) is 0 Å². The minimum Gasteiger partial charge on any atom is -0.117 e. The van der Waals surface area contributed by atoms with E-state index < -0.39 is 0 Å². The lowest BCUT2D eigenvalue weighted by Crippen LogP contribution is -1.98. The second kappa shape index (κ2) is 5.77. The van der Waals surface area contributed by atoms with Gasteiger partial charge < -0.3 is 0 Å². The number of rotatable bonds is 3. The fraction of sp³-hybridized carbons (Fsp3) is 0.250. The summed E-state index contributed by atoms with van der Waals surface area (Å²) < 4.78 is 0. The molecule has 2 heteroatoms. The molecule has 0 nitrogen and oxygen atoms in total. The minimum atomic E-state index is 0.00627. The first kappa shape index (κ1) is 13.5. The minimum absolute atomic E-state index is 0.00627. The Morgan fingerprint density at radius 2 is 1.67 bits per heavy atom. The highest BCUT2D eigenvalue weighted by atomic mass is 35.5. The van der Waals surface area contributed by atoms with Crippen molar-refractivity contribution in [3.8, 4) is 0 Å². The molecule has 0 aliphatic rings. The summed E-state index contributed by atoms with van der Waals surface area (Å²) in [7, 11) is 0. The summed E-state index contributed by atoms with van der Waals surface area (Å²) in [5.41, 5.74) is 4.94. The zero-order chi connectivity index (χ0) is 13.1. The van der Waals surface area contributed by atoms with E-state index in [0.717, 1.165) is 11.4 Å². The summed E-state index contributed by atoms with van der Waals surface area (Å²) in [6.45, 7) is 4.21. The lowest BCUT2D eigenvalue weighted by molar-refractivity contribution is 0.909. The zero-order valence-corrected chi connectivity index (χ0v) is 12.1. The summed E-state index contributed by atoms with van der Waals surface area (Å²) in [4.78, 5) is 0. The molecule has 0 aromatic heterocycles. The second-order valence-electron chi connectivity index (χ2n) is 4.66. The van der Waals surface area contributed by atoms with Crippen LogP contribution in [0.15, 0.2) is 42.5 Å². The van der Waals surface area contributed by atoms with E-state index in [2.05, 4.69) is 32.0 Å². The maximum atomic E-state index is 6.51. The molecule has 1 atom stereocenters. The Labute approximate surface area is 119 Å². The molecule has 0 fully saturated rings. The molecule has 2 aromatic carbocycles. The van der Waals surface area contributed by atoms with Crippen LogP contribution in [0.4, 0.5) is 0 Å². The number of hydrogen-bond donors (Lipinski definition) is 0. The molecule has 1 unspecified atom stereocenters. The van der Waals surface area contributed by atoms with Gasteiger partial charge in [-0.05, 0) is 49.1 Å². The predicted octanol–water partition coefficient (Wildman–Crippen LogP) is 5.48. The molecule has 2 rings (SSSR count). The molecular weight excluding hydrogens is 263 g/mol. The van der Waals surface area contributed by atoms with Gasteiger partial charge in [-0.2, -0.15) is 0 Å². The summed E-state index contributed by atoms with van der Waals surface area (Å²) in [6, 6.07) is 14.3. The van der Waals surface area contributed by atoms with Crippen LogP contribution < -0.4 is 0 Å². The topological polar surface area (TPSA) is 0 Å². The molecule has 0 radical (unpaired) electrons. The Kier molecular flexibility index (Phi) is 4.31. The molecule has 0 N–H and O–H groups in total. The van der Waals surface area contributed by atoms with Gasteiger partial charge in [0.1, 0.15) is 0 Å². The van der Waals surface area contributed by atoms with Gasteiger partial charge in [0.05, 0.1) is 5.38 Å². The third-order valence-corrected chi connectivity index (χ3v) is 3.73. The van der Waals surface area contributed by atoms with E-state index in [0.29, 0.717) is 0 Å². The van der Waals surface area contributed by atoms with Gasteiger partial charge >= 0.3 is 0 Å². The first-order valence-corrected chi connectivity index (χ1v) is 6.83. The maximum Gasteiger partial charge on any atom is 0.0628 e. The van der Waals surface area contributed by atoms with Gasteiger partial charge in [0.15, 0.2) is 0 Å². The van der Waals surface area contributed by atoms with Crippen LogP contribution in [0.2, 0.25) is 5.02 Å². The van der Waals surface area contributed by atoms with E-state index in [1.165, 1.54) is 22.3 Å². The molecule has 0 saturated carbocycles. The lowest BCUT2D eigenvalue weighted by Gasteiger charge is -2.13. The van der Waals surface area contributed by atoms with Crippen LogP contribution in [0.25, 0.3) is 0 Å². The largest absolute Gasteiger partial charge is 0.117 e. The Morgan fingerprint density at radius 3 is 2.28 bits per heavy atom. The second-order valence-corrected chi connectivity index (χ2v) is 5.62. The van der Waals surface area contributed by atoms with Crippen molar-refractivity contribution < 1.29 is 0 Å². The van der Waals surface area contributed by atoms with Crippen molar-refractivity contribution in [1.82, 2.24) is 0 Å². The zero-order valence-electron chi connectivity index (χ0n) is 10.6. The molecule has 0 amide bonds. The molecule has 0 aliphatic carbocycles. The van der Waals surface area contributed by atoms with Crippen LogP contribution in [-0.4, -0.2) is 0 Å². The van der Waals surface area contributed by atoms with Crippen molar-refractivity contribution >= 4 is 23.2 Å². The van der Waals surface area contributed by atoms with Crippen LogP contribution in [0.1, 0.15) is 27.6 Å². The van der Waals surface area contributed by atoms with Gasteiger partial charge in [0, 0.05) is 5.02 Å². The van der Waals surface area contributed by atoms with E-state index >= 15 is 0 Å². The predicted molar refractivity (Wildman–Crippen MR) is 79.7 cm³/mol. The van der Waals surface area contributed by atoms with Crippen molar-refractivity contribution in [3.63, 3.8) is 0 Å². The Balaban J connectivity index is 2.16. The summed E-state index contributed by atoms with van der Waals surface area (Å²) in [5, 5.41) is 0.767. The van der Waals surface area contributed by atoms with Gasteiger partial charge in [-0.3, -0.25) is 0 Å². The first-order chi connectivity index (χ1) is 8.56. The summed E-state index contributed by atoms with van der Waals surface area (Å²) in [5.74, 6) is 0. The number of halogens is 2. The Bertz CT molecular complexity index is 529. The molecule has 94 valence electrons. The number of alkyl halides is 1. The van der Waals surface area contributed by atoms with Gasteiger partial charge in [-0.1, -0.05) is 47.5 Å². The summed E-state index contributed by atoms with van der Waals surface area (Å²) in [6.07, 6.45) is 0.822. The van der Waals surface area contributed by atoms with Crippen LogP contribution >= 0.6 is 23.2 Å². The SMILES string of the molecule is Cc1ccc(C(Cl)Cc2ccc(Cl)cc2)c(C)c1. The van der Waals surface area contributed by atoms with Crippen molar-refractivity contribution in [2.75, 3.05) is 0 Å². The highest BCUT2D eigenvalue weighted by Crippen LogP contribution is 2.28. The molecule has 2 aromatic rings. The van der Waals surface area contributed by atoms with E-state index in [-0.39, 0.29) is 5.38 Å². The Hall–Kier alpha value is -0.980. The van der Waals surface area contributed by atoms with Gasteiger partial charge in [0.25, 0.3) is 0 Å². The van der Waals surface area contributed by atoms with Gasteiger partial charge in [-0.25, -0.2) is 0 Å². The van der Waals surface area contributed by atoms with Crippen molar-refractivity contribution in [3.05, 3.63) is 69.7 Å². The molecule has 0 bridgehead atoms. The summed E-state index contributed by atoms with van der Waals surface area (Å²) >= 11 is 12.4. The smallest absolute Gasteiger partial charge is 0.0628 e. The van der Waals surface area contributed by atoms with Crippen LogP contribution in [0.3, 0.4) is 0 Å². The van der Waals surface area contributed by atoms with E-state index in [4.69, 9.17) is 23.2 Å². The average Bonchev–Trinajstić information content (AvgIpc) is 2.32. The van der Waals surface area contributed by atoms with Crippen LogP contribution in [0, 0.1) is 13.8 Å². The number of hydrogen-bond acceptors (Lipinski definition) is 0. The number of benzene rings is 2.